The third-order valence-corrected chi connectivity index (χ3v) is 3.97. The molecule has 1 aliphatic carbocycles. The molecule has 0 saturated heterocycles. The molecule has 1 aromatic carbocycles. The van der Waals surface area contributed by atoms with Gasteiger partial charge in [-0.1, -0.05) is 6.07 Å². The number of phenols is 1. The first-order chi connectivity index (χ1) is 9.08. The number of nitrogens with one attached hydrogen (secondary N) is 1. The van der Waals surface area contributed by atoms with E-state index in [1.54, 1.807) is 32.2 Å². The van der Waals surface area contributed by atoms with Gasteiger partial charge < -0.3 is 15.2 Å². The van der Waals surface area contributed by atoms with E-state index in [2.05, 4.69) is 5.32 Å². The van der Waals surface area contributed by atoms with Crippen molar-refractivity contribution in [1.29, 1.82) is 0 Å². The van der Waals surface area contributed by atoms with Crippen molar-refractivity contribution in [2.24, 2.45) is 5.41 Å². The van der Waals surface area contributed by atoms with Crippen LogP contribution in [0.15, 0.2) is 18.2 Å². The van der Waals surface area contributed by atoms with Crippen molar-refractivity contribution >= 4 is 5.91 Å². The van der Waals surface area contributed by atoms with Crippen LogP contribution in [0.2, 0.25) is 0 Å². The van der Waals surface area contributed by atoms with Crippen molar-refractivity contribution in [3.8, 4) is 5.75 Å². The minimum Gasteiger partial charge on any atom is -0.508 e. The van der Waals surface area contributed by atoms with Gasteiger partial charge in [0, 0.05) is 31.4 Å². The Balaban J connectivity index is 1.93. The van der Waals surface area contributed by atoms with E-state index in [0.29, 0.717) is 17.7 Å². The maximum atomic E-state index is 12.1. The van der Waals surface area contributed by atoms with Crippen LogP contribution < -0.4 is 5.32 Å². The minimum absolute atomic E-state index is 0.114. The highest BCUT2D eigenvalue weighted by molar-refractivity contribution is 5.96. The number of aromatic hydroxyl groups is 1. The molecule has 0 spiro atoms. The van der Waals surface area contributed by atoms with Crippen molar-refractivity contribution in [3.63, 3.8) is 0 Å². The van der Waals surface area contributed by atoms with E-state index in [0.717, 1.165) is 25.9 Å². The molecule has 1 amide bonds. The van der Waals surface area contributed by atoms with Gasteiger partial charge in [0.2, 0.25) is 0 Å². The largest absolute Gasteiger partial charge is 0.508 e. The van der Waals surface area contributed by atoms with Gasteiger partial charge in [-0.3, -0.25) is 4.79 Å². The van der Waals surface area contributed by atoms with E-state index < -0.39 is 0 Å². The fourth-order valence-electron chi connectivity index (χ4n) is 2.24. The number of rotatable bonds is 6. The van der Waals surface area contributed by atoms with Gasteiger partial charge >= 0.3 is 0 Å². The average molecular weight is 263 g/mol. The highest BCUT2D eigenvalue weighted by atomic mass is 16.5. The predicted molar refractivity (Wildman–Crippen MR) is 73.3 cm³/mol. The zero-order valence-electron chi connectivity index (χ0n) is 11.5. The van der Waals surface area contributed by atoms with E-state index in [-0.39, 0.29) is 17.1 Å². The Morgan fingerprint density at radius 3 is 2.84 bits per heavy atom. The lowest BCUT2D eigenvalue weighted by Crippen LogP contribution is -2.31. The van der Waals surface area contributed by atoms with E-state index in [4.69, 9.17) is 4.74 Å². The second kappa shape index (κ2) is 5.61. The van der Waals surface area contributed by atoms with Crippen molar-refractivity contribution in [2.75, 3.05) is 20.3 Å². The second-order valence-electron chi connectivity index (χ2n) is 5.38. The third-order valence-electron chi connectivity index (χ3n) is 3.97. The van der Waals surface area contributed by atoms with Gasteiger partial charge in [0.15, 0.2) is 0 Å². The van der Waals surface area contributed by atoms with Crippen LogP contribution in [0.5, 0.6) is 5.75 Å². The number of carbonyl (C=O) groups is 1. The Morgan fingerprint density at radius 1 is 1.47 bits per heavy atom. The summed E-state index contributed by atoms with van der Waals surface area (Å²) in [6.07, 6.45) is 3.29. The molecule has 0 heterocycles. The fourth-order valence-corrected chi connectivity index (χ4v) is 2.24. The van der Waals surface area contributed by atoms with Gasteiger partial charge in [0.25, 0.3) is 5.91 Å². The molecule has 19 heavy (non-hydrogen) atoms. The van der Waals surface area contributed by atoms with Gasteiger partial charge in [-0.2, -0.15) is 0 Å². The summed E-state index contributed by atoms with van der Waals surface area (Å²) in [5, 5.41) is 12.6. The molecule has 4 nitrogen and oxygen atoms in total. The number of carbonyl (C=O) groups excluding carboxylic acids is 1. The average Bonchev–Trinajstić information content (AvgIpc) is 3.17. The Bertz CT molecular complexity index is 466. The smallest absolute Gasteiger partial charge is 0.251 e. The van der Waals surface area contributed by atoms with Crippen LogP contribution in [-0.4, -0.2) is 31.3 Å². The van der Waals surface area contributed by atoms with E-state index in [1.807, 2.05) is 0 Å². The molecule has 1 fully saturated rings. The van der Waals surface area contributed by atoms with Crippen LogP contribution in [-0.2, 0) is 4.74 Å². The standard InChI is InChI=1S/C15H21NO3/c1-11-12(4-3-5-13(11)17)14(18)16-10-15(6-7-15)8-9-19-2/h3-5,17H,6-10H2,1-2H3,(H,16,18). The first kappa shape index (κ1) is 13.9. The maximum Gasteiger partial charge on any atom is 0.251 e. The van der Waals surface area contributed by atoms with Gasteiger partial charge in [0.1, 0.15) is 5.75 Å². The second-order valence-corrected chi connectivity index (χ2v) is 5.38. The molecule has 0 aliphatic heterocycles. The molecule has 0 aromatic heterocycles. The normalized spacial score (nSPS) is 16.1. The van der Waals surface area contributed by atoms with Crippen LogP contribution >= 0.6 is 0 Å². The molecular weight excluding hydrogens is 242 g/mol. The van der Waals surface area contributed by atoms with Crippen LogP contribution in [0.25, 0.3) is 0 Å². The molecule has 0 atom stereocenters. The number of phenolic OH excluding ortho intramolecular Hbond substituents is 1. The SMILES string of the molecule is COCCC1(CNC(=O)c2cccc(O)c2C)CC1. The van der Waals surface area contributed by atoms with Crippen molar-refractivity contribution < 1.29 is 14.6 Å². The summed E-state index contributed by atoms with van der Waals surface area (Å²) in [5.74, 6) is 0.0465. The van der Waals surface area contributed by atoms with E-state index in [9.17, 15) is 9.90 Å². The fraction of sp³-hybridized carbons (Fsp3) is 0.533. The molecule has 0 bridgehead atoms. The highest BCUT2D eigenvalue weighted by Gasteiger charge is 2.42. The summed E-state index contributed by atoms with van der Waals surface area (Å²) in [5.41, 5.74) is 1.40. The van der Waals surface area contributed by atoms with Crippen molar-refractivity contribution in [3.05, 3.63) is 29.3 Å². The number of amides is 1. The predicted octanol–water partition coefficient (Wildman–Crippen LogP) is 2.25. The monoisotopic (exact) mass is 263 g/mol. The van der Waals surface area contributed by atoms with Crippen LogP contribution in [0.1, 0.15) is 35.2 Å². The Kier molecular flexibility index (Phi) is 4.10. The summed E-state index contributed by atoms with van der Waals surface area (Å²) in [6, 6.07) is 5.02. The molecule has 1 saturated carbocycles. The number of methoxy groups -OCH3 is 1. The topological polar surface area (TPSA) is 58.6 Å². The molecular formula is C15H21NO3. The van der Waals surface area contributed by atoms with Gasteiger partial charge in [0.05, 0.1) is 0 Å². The molecule has 104 valence electrons. The van der Waals surface area contributed by atoms with E-state index >= 15 is 0 Å². The summed E-state index contributed by atoms with van der Waals surface area (Å²) in [4.78, 5) is 12.1. The van der Waals surface area contributed by atoms with Crippen molar-refractivity contribution in [2.45, 2.75) is 26.2 Å². The van der Waals surface area contributed by atoms with Crippen molar-refractivity contribution in [1.82, 2.24) is 5.32 Å². The zero-order chi connectivity index (χ0) is 13.9. The number of ether oxygens (including phenoxy) is 1. The first-order valence-electron chi connectivity index (χ1n) is 6.64. The zero-order valence-corrected chi connectivity index (χ0v) is 11.5. The molecule has 2 rings (SSSR count). The minimum atomic E-state index is -0.114. The highest BCUT2D eigenvalue weighted by Crippen LogP contribution is 2.48. The first-order valence-corrected chi connectivity index (χ1v) is 6.64. The number of hydrogen-bond acceptors (Lipinski definition) is 3. The van der Waals surface area contributed by atoms with Gasteiger partial charge in [-0.25, -0.2) is 0 Å². The number of hydrogen-bond donors (Lipinski definition) is 2. The lowest BCUT2D eigenvalue weighted by molar-refractivity contribution is 0.0937. The van der Waals surface area contributed by atoms with Gasteiger partial charge in [-0.05, 0) is 43.7 Å². The quantitative estimate of drug-likeness (QED) is 0.827. The van der Waals surface area contributed by atoms with Crippen LogP contribution in [0.3, 0.4) is 0 Å². The Hall–Kier alpha value is -1.55. The molecule has 0 unspecified atom stereocenters. The maximum absolute atomic E-state index is 12.1. The van der Waals surface area contributed by atoms with E-state index in [1.165, 1.54) is 0 Å². The summed E-state index contributed by atoms with van der Waals surface area (Å²) in [6.45, 7) is 3.17. The lowest BCUT2D eigenvalue weighted by atomic mass is 10.0. The molecule has 2 N–H and O–H groups in total. The molecule has 1 aliphatic rings. The molecule has 1 aromatic rings. The number of benzene rings is 1. The van der Waals surface area contributed by atoms with Gasteiger partial charge in [-0.15, -0.1) is 0 Å². The summed E-state index contributed by atoms with van der Waals surface area (Å²) < 4.78 is 5.10. The molecule has 0 radical (unpaired) electrons. The summed E-state index contributed by atoms with van der Waals surface area (Å²) in [7, 11) is 1.70. The lowest BCUT2D eigenvalue weighted by Gasteiger charge is -2.16. The van der Waals surface area contributed by atoms with Crippen LogP contribution in [0.4, 0.5) is 0 Å². The van der Waals surface area contributed by atoms with Crippen LogP contribution in [0, 0.1) is 12.3 Å². The Labute approximate surface area is 113 Å². The molecule has 4 heteroatoms. The Morgan fingerprint density at radius 2 is 2.21 bits per heavy atom. The third kappa shape index (κ3) is 3.26. The summed E-state index contributed by atoms with van der Waals surface area (Å²) >= 11 is 0.